The molecule has 0 bridgehead atoms. The maximum Gasteiger partial charge on any atom is 0.336 e. The molecule has 0 aliphatic carbocycles. The second kappa shape index (κ2) is 8.44. The molecule has 0 saturated carbocycles. The number of benzene rings is 3. The highest BCUT2D eigenvalue weighted by Gasteiger charge is 2.43. The minimum atomic E-state index is -2.22. The first-order valence-electron chi connectivity index (χ1n) is 10.9. The second-order valence-electron chi connectivity index (χ2n) is 8.20. The maximum absolute atomic E-state index is 13.9. The van der Waals surface area contributed by atoms with Crippen molar-refractivity contribution in [1.29, 1.82) is 0 Å². The molecule has 5 rings (SSSR count). The van der Waals surface area contributed by atoms with Crippen LogP contribution in [0.1, 0.15) is 21.5 Å². The van der Waals surface area contributed by atoms with Crippen LogP contribution in [0.3, 0.4) is 0 Å². The summed E-state index contributed by atoms with van der Waals surface area (Å²) in [4.78, 5) is 26.4. The van der Waals surface area contributed by atoms with E-state index in [1.165, 1.54) is 6.07 Å². The third-order valence-corrected chi connectivity index (χ3v) is 5.97. The van der Waals surface area contributed by atoms with Gasteiger partial charge in [0.05, 0.1) is 12.0 Å². The maximum atomic E-state index is 13.9. The Morgan fingerprint density at radius 3 is 2.35 bits per heavy atom. The summed E-state index contributed by atoms with van der Waals surface area (Å²) in [6.45, 7) is 1.58. The fraction of sp³-hybridized carbons (Fsp3) is 0.185. The predicted molar refractivity (Wildman–Crippen MR) is 125 cm³/mol. The van der Waals surface area contributed by atoms with E-state index in [4.69, 9.17) is 13.9 Å². The van der Waals surface area contributed by atoms with Crippen molar-refractivity contribution in [2.75, 3.05) is 13.2 Å². The molecule has 3 aromatic carbocycles. The third kappa shape index (κ3) is 3.65. The van der Waals surface area contributed by atoms with Crippen LogP contribution in [0.25, 0.3) is 22.1 Å². The Bertz CT molecular complexity index is 1440. The summed E-state index contributed by atoms with van der Waals surface area (Å²) in [7, 11) is 0. The molecule has 34 heavy (non-hydrogen) atoms. The van der Waals surface area contributed by atoms with Crippen LogP contribution in [0.2, 0.25) is 0 Å². The Morgan fingerprint density at radius 1 is 0.971 bits per heavy atom. The first-order chi connectivity index (χ1) is 16.4. The predicted octanol–water partition coefficient (Wildman–Crippen LogP) is 4.00. The van der Waals surface area contributed by atoms with E-state index < -0.39 is 17.2 Å². The van der Waals surface area contributed by atoms with E-state index in [1.807, 2.05) is 12.1 Å². The van der Waals surface area contributed by atoms with Gasteiger partial charge in [-0.05, 0) is 18.1 Å². The SMILES string of the molecule is Cc1c2c(c3oc(=O)cc(-c4ccccc4)c3c1O)C(=O)C(O)(Cc1ccccc1)OCCO2. The third-order valence-electron chi connectivity index (χ3n) is 5.97. The molecule has 2 N–H and O–H groups in total. The molecule has 1 aromatic heterocycles. The van der Waals surface area contributed by atoms with Crippen molar-refractivity contribution in [3.05, 3.63) is 93.8 Å². The zero-order valence-electron chi connectivity index (χ0n) is 18.4. The summed E-state index contributed by atoms with van der Waals surface area (Å²) in [6.07, 6.45) is -0.115. The van der Waals surface area contributed by atoms with Gasteiger partial charge in [0.15, 0.2) is 5.58 Å². The zero-order valence-corrected chi connectivity index (χ0v) is 18.4. The molecule has 1 aliphatic rings. The molecule has 4 aromatic rings. The van der Waals surface area contributed by atoms with E-state index in [1.54, 1.807) is 55.5 Å². The second-order valence-corrected chi connectivity index (χ2v) is 8.20. The van der Waals surface area contributed by atoms with E-state index in [0.29, 0.717) is 22.3 Å². The molecule has 0 radical (unpaired) electrons. The van der Waals surface area contributed by atoms with Crippen LogP contribution in [0.4, 0.5) is 0 Å². The highest BCUT2D eigenvalue weighted by atomic mass is 16.6. The number of phenolic OH excluding ortho intramolecular Hbond substituents is 1. The summed E-state index contributed by atoms with van der Waals surface area (Å²) in [5.74, 6) is -3.15. The quantitative estimate of drug-likeness (QED) is 0.447. The van der Waals surface area contributed by atoms with Gasteiger partial charge in [-0.2, -0.15) is 0 Å². The van der Waals surface area contributed by atoms with Gasteiger partial charge in [0, 0.05) is 23.6 Å². The Morgan fingerprint density at radius 2 is 1.65 bits per heavy atom. The fourth-order valence-corrected chi connectivity index (χ4v) is 4.34. The summed E-state index contributed by atoms with van der Waals surface area (Å²) in [5.41, 5.74) is 1.03. The van der Waals surface area contributed by atoms with E-state index in [0.717, 1.165) is 0 Å². The van der Waals surface area contributed by atoms with Crippen LogP contribution in [0, 0.1) is 6.92 Å². The van der Waals surface area contributed by atoms with Gasteiger partial charge in [-0.3, -0.25) is 4.79 Å². The van der Waals surface area contributed by atoms with Crippen molar-refractivity contribution in [3.63, 3.8) is 0 Å². The first-order valence-corrected chi connectivity index (χ1v) is 10.9. The fourth-order valence-electron chi connectivity index (χ4n) is 4.34. The summed E-state index contributed by atoms with van der Waals surface area (Å²) in [5, 5.41) is 22.7. The van der Waals surface area contributed by atoms with Gasteiger partial charge < -0.3 is 24.1 Å². The van der Waals surface area contributed by atoms with E-state index in [9.17, 15) is 19.8 Å². The lowest BCUT2D eigenvalue weighted by Gasteiger charge is -2.31. The number of aliphatic hydroxyl groups is 1. The Hall–Kier alpha value is -3.94. The van der Waals surface area contributed by atoms with Gasteiger partial charge in [-0.25, -0.2) is 4.79 Å². The van der Waals surface area contributed by atoms with E-state index >= 15 is 0 Å². The molecular weight excluding hydrogens is 436 g/mol. The molecule has 0 saturated heterocycles. The molecule has 1 aliphatic heterocycles. The van der Waals surface area contributed by atoms with Crippen LogP contribution < -0.4 is 10.4 Å². The van der Waals surface area contributed by atoms with Crippen molar-refractivity contribution in [2.24, 2.45) is 0 Å². The zero-order chi connectivity index (χ0) is 23.9. The standard InChI is InChI=1S/C27H22O7/c1-16-23(29)21-19(18-10-6-3-7-11-18)14-20(28)34-25(21)22-24(16)32-12-13-33-27(31,26(22)30)15-17-8-4-2-5-9-17/h2-11,14,29,31H,12-13,15H2,1H3. The molecular formula is C27H22O7. The van der Waals surface area contributed by atoms with Crippen LogP contribution in [0.5, 0.6) is 11.5 Å². The number of aromatic hydroxyl groups is 1. The van der Waals surface area contributed by atoms with Crippen molar-refractivity contribution in [3.8, 4) is 22.6 Å². The van der Waals surface area contributed by atoms with Crippen LogP contribution in [-0.2, 0) is 11.2 Å². The van der Waals surface area contributed by atoms with Crippen molar-refractivity contribution in [2.45, 2.75) is 19.1 Å². The van der Waals surface area contributed by atoms with Crippen molar-refractivity contribution < 1.29 is 28.9 Å². The van der Waals surface area contributed by atoms with Crippen LogP contribution in [-0.4, -0.2) is 35.0 Å². The van der Waals surface area contributed by atoms with Gasteiger partial charge in [0.1, 0.15) is 23.7 Å². The highest BCUT2D eigenvalue weighted by Crippen LogP contribution is 2.45. The number of carbonyl (C=O) groups is 1. The number of carbonyl (C=O) groups excluding carboxylic acids is 1. The molecule has 7 nitrogen and oxygen atoms in total. The molecule has 172 valence electrons. The van der Waals surface area contributed by atoms with Gasteiger partial charge >= 0.3 is 5.63 Å². The van der Waals surface area contributed by atoms with Gasteiger partial charge in [-0.15, -0.1) is 0 Å². The number of Topliss-reactive ketones (excluding diaryl/α,β-unsaturated/α-hetero) is 1. The Labute approximate surface area is 194 Å². The molecule has 1 atom stereocenters. The minimum Gasteiger partial charge on any atom is -0.507 e. The lowest BCUT2D eigenvalue weighted by atomic mass is 9.90. The minimum absolute atomic E-state index is 0.0196. The normalized spacial score (nSPS) is 18.1. The molecule has 0 amide bonds. The number of hydrogen-bond donors (Lipinski definition) is 2. The van der Waals surface area contributed by atoms with Gasteiger partial charge in [0.25, 0.3) is 0 Å². The Balaban J connectivity index is 1.80. The van der Waals surface area contributed by atoms with Gasteiger partial charge in [0.2, 0.25) is 11.6 Å². The number of ketones is 1. The summed E-state index contributed by atoms with van der Waals surface area (Å²) >= 11 is 0. The monoisotopic (exact) mass is 458 g/mol. The number of phenols is 1. The molecule has 0 spiro atoms. The molecule has 7 heteroatoms. The summed E-state index contributed by atoms with van der Waals surface area (Å²) < 4.78 is 16.9. The van der Waals surface area contributed by atoms with Crippen molar-refractivity contribution >= 4 is 16.8 Å². The molecule has 0 fully saturated rings. The lowest BCUT2D eigenvalue weighted by Crippen LogP contribution is -2.46. The topological polar surface area (TPSA) is 106 Å². The van der Waals surface area contributed by atoms with E-state index in [2.05, 4.69) is 0 Å². The van der Waals surface area contributed by atoms with Gasteiger partial charge in [-0.1, -0.05) is 60.7 Å². The summed E-state index contributed by atoms with van der Waals surface area (Å²) in [6, 6.07) is 19.2. The number of fused-ring (bicyclic) bond motifs is 3. The number of ether oxygens (including phenoxy) is 2. The molecule has 1 unspecified atom stereocenters. The lowest BCUT2D eigenvalue weighted by molar-refractivity contribution is -0.170. The van der Waals surface area contributed by atoms with Crippen LogP contribution in [0.15, 0.2) is 75.9 Å². The number of rotatable bonds is 3. The average molecular weight is 458 g/mol. The molecule has 2 heterocycles. The highest BCUT2D eigenvalue weighted by molar-refractivity contribution is 6.16. The average Bonchev–Trinajstić information content (AvgIpc) is 2.84. The van der Waals surface area contributed by atoms with E-state index in [-0.39, 0.29) is 47.7 Å². The van der Waals surface area contributed by atoms with Crippen LogP contribution >= 0.6 is 0 Å². The smallest absolute Gasteiger partial charge is 0.336 e. The first kappa shape index (κ1) is 21.9. The Kier molecular flexibility index (Phi) is 5.43. The van der Waals surface area contributed by atoms with Crippen molar-refractivity contribution in [1.82, 2.24) is 0 Å². The largest absolute Gasteiger partial charge is 0.507 e. The number of hydrogen-bond acceptors (Lipinski definition) is 7.